The van der Waals surface area contributed by atoms with Gasteiger partial charge in [0, 0.05) is 11.1 Å². The zero-order chi connectivity index (χ0) is 10.6. The highest BCUT2D eigenvalue weighted by atomic mass is 32.2. The Morgan fingerprint density at radius 2 is 2.07 bits per heavy atom. The molecule has 0 aliphatic rings. The van der Waals surface area contributed by atoms with E-state index in [-0.39, 0.29) is 4.34 Å². The van der Waals surface area contributed by atoms with E-state index in [4.69, 9.17) is 0 Å². The molecule has 2 aromatic rings. The third-order valence-electron chi connectivity index (χ3n) is 1.42. The number of halogens is 1. The lowest BCUT2D eigenvalue weighted by molar-refractivity contribution is 0.536. The molecule has 0 aliphatic carbocycles. The van der Waals surface area contributed by atoms with Crippen molar-refractivity contribution < 1.29 is 13.2 Å². The van der Waals surface area contributed by atoms with Crippen LogP contribution in [0.15, 0.2) is 28.6 Å². The van der Waals surface area contributed by atoms with E-state index in [1.807, 2.05) is 18.2 Å². The van der Waals surface area contributed by atoms with E-state index in [9.17, 15) is 13.2 Å². The topological polar surface area (TPSA) is 53.0 Å². The monoisotopic (exact) mass is 232 g/mol. The lowest BCUT2D eigenvalue weighted by Crippen LogP contribution is -1.84. The minimum absolute atomic E-state index is 0.149. The van der Waals surface area contributed by atoms with Crippen molar-refractivity contribution in [2.45, 2.75) is 4.34 Å². The molecule has 0 saturated heterocycles. The van der Waals surface area contributed by atoms with Gasteiger partial charge < -0.3 is 4.55 Å². The quantitative estimate of drug-likeness (QED) is 0.708. The fourth-order valence-electron chi connectivity index (χ4n) is 0.922. The number of fused-ring (bicyclic) bond motifs is 1. The normalized spacial score (nSPS) is 11.9. The molecule has 2 rings (SSSR count). The van der Waals surface area contributed by atoms with Crippen molar-refractivity contribution in [2.75, 3.05) is 7.18 Å². The number of rotatable bonds is 1. The summed E-state index contributed by atoms with van der Waals surface area (Å²) in [5.74, 6) is 0. The van der Waals surface area contributed by atoms with Crippen molar-refractivity contribution in [2.24, 2.45) is 0 Å². The van der Waals surface area contributed by atoms with E-state index >= 15 is 0 Å². The number of benzene rings is 1. The molecule has 0 fully saturated rings. The van der Waals surface area contributed by atoms with Crippen molar-refractivity contribution in [1.29, 1.82) is 0 Å². The summed E-state index contributed by atoms with van der Waals surface area (Å²) >= 11 is -1.02. The van der Waals surface area contributed by atoms with Gasteiger partial charge in [0.2, 0.25) is 0 Å². The summed E-state index contributed by atoms with van der Waals surface area (Å²) in [6, 6.07) is 7.34. The van der Waals surface area contributed by atoms with Crippen LogP contribution in [0.3, 0.4) is 0 Å². The van der Waals surface area contributed by atoms with Gasteiger partial charge in [-0.1, -0.05) is 12.1 Å². The Morgan fingerprint density at radius 3 is 2.64 bits per heavy atom. The van der Waals surface area contributed by atoms with Crippen LogP contribution in [0.2, 0.25) is 0 Å². The molecule has 0 spiro atoms. The predicted octanol–water partition coefficient (Wildman–Crippen LogP) is 2.12. The Labute approximate surface area is 86.9 Å². The predicted molar refractivity (Wildman–Crippen MR) is 53.8 cm³/mol. The maximum Gasteiger partial charge on any atom is 0.168 e. The van der Waals surface area contributed by atoms with E-state index in [0.29, 0.717) is 7.18 Å². The van der Waals surface area contributed by atoms with Crippen LogP contribution in [0.25, 0.3) is 10.2 Å². The second-order valence-electron chi connectivity index (χ2n) is 2.18. The van der Waals surface area contributed by atoms with E-state index in [1.165, 1.54) is 11.3 Å². The van der Waals surface area contributed by atoms with Crippen LogP contribution in [0.5, 0.6) is 0 Å². The van der Waals surface area contributed by atoms with Crippen molar-refractivity contribution in [3.63, 3.8) is 0 Å². The summed E-state index contributed by atoms with van der Waals surface area (Å²) in [6.07, 6.45) is 0. The second kappa shape index (κ2) is 5.14. The first kappa shape index (κ1) is 11.2. The average molecular weight is 232 g/mol. The summed E-state index contributed by atoms with van der Waals surface area (Å²) < 4.78 is 31.6. The van der Waals surface area contributed by atoms with E-state index in [0.717, 1.165) is 10.2 Å². The lowest BCUT2D eigenvalue weighted by Gasteiger charge is -1.95. The molecular weight excluding hydrogens is 225 g/mol. The van der Waals surface area contributed by atoms with Gasteiger partial charge in [-0.05, 0) is 12.1 Å². The van der Waals surface area contributed by atoms with Crippen molar-refractivity contribution >= 4 is 32.6 Å². The molecule has 0 radical (unpaired) electrons. The molecule has 14 heavy (non-hydrogen) atoms. The van der Waals surface area contributed by atoms with Crippen molar-refractivity contribution in [3.8, 4) is 0 Å². The van der Waals surface area contributed by atoms with Gasteiger partial charge in [-0.15, -0.1) is 11.3 Å². The van der Waals surface area contributed by atoms with Gasteiger partial charge in [-0.3, -0.25) is 8.60 Å². The number of hydrogen-bond acceptors (Lipinski definition) is 4. The number of para-hydroxylation sites is 1. The number of aromatic nitrogens is 1. The highest BCUT2D eigenvalue weighted by molar-refractivity contribution is 7.81. The fraction of sp³-hybridized carbons (Fsp3) is 0.125. The van der Waals surface area contributed by atoms with Crippen LogP contribution in [-0.4, -0.2) is 20.9 Å². The second-order valence-corrected chi connectivity index (χ2v) is 4.33. The maximum atomic E-state index is 10.5. The van der Waals surface area contributed by atoms with Crippen LogP contribution in [-0.2, 0) is 11.1 Å². The molecule has 76 valence electrons. The smallest absolute Gasteiger partial charge is 0.168 e. The highest BCUT2D eigenvalue weighted by Crippen LogP contribution is 2.22. The third kappa shape index (κ3) is 2.34. The van der Waals surface area contributed by atoms with Crippen molar-refractivity contribution in [1.82, 2.24) is 4.98 Å². The molecule has 0 aliphatic heterocycles. The van der Waals surface area contributed by atoms with E-state index in [1.54, 1.807) is 6.07 Å². The molecular formula is C8H7FNO2S2-. The Hall–Kier alpha value is -0.850. The van der Waals surface area contributed by atoms with Gasteiger partial charge in [-0.2, -0.15) is 0 Å². The molecule has 1 aromatic heterocycles. The number of thiazole rings is 1. The number of alkyl halides is 1. The Kier molecular flexibility index (Phi) is 4.12. The van der Waals surface area contributed by atoms with Crippen LogP contribution in [0.1, 0.15) is 0 Å². The largest absolute Gasteiger partial charge is 0.767 e. The molecule has 1 unspecified atom stereocenters. The summed E-state index contributed by atoms with van der Waals surface area (Å²) in [5.41, 5.74) is 0.738. The van der Waals surface area contributed by atoms with Gasteiger partial charge >= 0.3 is 0 Å². The van der Waals surface area contributed by atoms with Crippen LogP contribution < -0.4 is 0 Å². The molecule has 1 atom stereocenters. The standard InChI is InChI=1S/C7H5NO2S2.CH3F/c9-12(10)7-8-5-3-1-2-4-6(5)11-7;1-2/h1-4H,(H,9,10);1H3/p-1. The SMILES string of the molecule is CF.O=S([O-])c1nc2ccccc2s1. The fourth-order valence-corrected chi connectivity index (χ4v) is 2.33. The third-order valence-corrected chi connectivity index (χ3v) is 3.28. The first-order chi connectivity index (χ1) is 6.77. The Morgan fingerprint density at radius 1 is 1.43 bits per heavy atom. The molecule has 6 heteroatoms. The van der Waals surface area contributed by atoms with Crippen LogP contribution >= 0.6 is 11.3 Å². The van der Waals surface area contributed by atoms with Gasteiger partial charge in [0.05, 0.1) is 17.4 Å². The molecule has 0 bridgehead atoms. The van der Waals surface area contributed by atoms with Gasteiger partial charge in [0.25, 0.3) is 0 Å². The highest BCUT2D eigenvalue weighted by Gasteiger charge is 2.01. The maximum absolute atomic E-state index is 10.5. The Balaban J connectivity index is 0.000000461. The van der Waals surface area contributed by atoms with Crippen LogP contribution in [0, 0.1) is 0 Å². The summed E-state index contributed by atoms with van der Waals surface area (Å²) in [7, 11) is 0.500. The minimum Gasteiger partial charge on any atom is -0.767 e. The van der Waals surface area contributed by atoms with E-state index in [2.05, 4.69) is 4.98 Å². The molecule has 0 saturated carbocycles. The number of hydrogen-bond donors (Lipinski definition) is 0. The summed E-state index contributed by atoms with van der Waals surface area (Å²) in [5, 5.41) is 0. The van der Waals surface area contributed by atoms with Crippen molar-refractivity contribution in [3.05, 3.63) is 24.3 Å². The first-order valence-corrected chi connectivity index (χ1v) is 5.49. The molecule has 0 N–H and O–H groups in total. The summed E-state index contributed by atoms with van der Waals surface area (Å²) in [6.45, 7) is 0. The molecule has 3 nitrogen and oxygen atoms in total. The van der Waals surface area contributed by atoms with Crippen LogP contribution in [0.4, 0.5) is 4.39 Å². The van der Waals surface area contributed by atoms with E-state index < -0.39 is 11.1 Å². The van der Waals surface area contributed by atoms with Gasteiger partial charge in [-0.25, -0.2) is 4.98 Å². The van der Waals surface area contributed by atoms with Gasteiger partial charge in [0.1, 0.15) is 0 Å². The minimum atomic E-state index is -2.20. The Bertz CT molecular complexity index is 411. The zero-order valence-electron chi connectivity index (χ0n) is 7.27. The molecule has 1 heterocycles. The average Bonchev–Trinajstić information content (AvgIpc) is 2.64. The summed E-state index contributed by atoms with van der Waals surface area (Å²) in [4.78, 5) is 3.92. The first-order valence-electron chi connectivity index (χ1n) is 3.60. The number of nitrogens with zero attached hydrogens (tertiary/aromatic N) is 1. The molecule has 1 aromatic carbocycles. The zero-order valence-corrected chi connectivity index (χ0v) is 8.90. The lowest BCUT2D eigenvalue weighted by atomic mass is 10.3. The molecule has 0 amide bonds. The van der Waals surface area contributed by atoms with Gasteiger partial charge in [0.15, 0.2) is 4.34 Å².